The molecule has 1 fully saturated rings. The highest BCUT2D eigenvalue weighted by Gasteiger charge is 2.34. The lowest BCUT2D eigenvalue weighted by molar-refractivity contribution is -0.276. The normalized spacial score (nSPS) is 18.5. The number of allylic oxidation sites excluding steroid dienone is 3. The van der Waals surface area contributed by atoms with Gasteiger partial charge in [0.15, 0.2) is 23.3 Å². The van der Waals surface area contributed by atoms with Crippen LogP contribution >= 0.6 is 0 Å². The minimum Gasteiger partial charge on any atom is -0.399 e. The van der Waals surface area contributed by atoms with Crippen molar-refractivity contribution in [2.75, 3.05) is 6.61 Å². The van der Waals surface area contributed by atoms with E-state index in [9.17, 15) is 35.1 Å². The molecule has 1 saturated heterocycles. The van der Waals surface area contributed by atoms with Crippen LogP contribution < -0.4 is 4.74 Å². The van der Waals surface area contributed by atoms with E-state index in [0.717, 1.165) is 35.4 Å². The number of rotatable bonds is 8. The molecule has 0 spiro atoms. The smallest absolute Gasteiger partial charge is 0.399 e. The van der Waals surface area contributed by atoms with Crippen LogP contribution in [0.4, 0.5) is 35.1 Å². The van der Waals surface area contributed by atoms with Gasteiger partial charge in [-0.25, -0.2) is 22.0 Å². The molecule has 2 unspecified atom stereocenters. The Hall–Kier alpha value is -3.66. The number of hydrogen-bond donors (Lipinski definition) is 0. The molecule has 3 aromatic rings. The first-order valence-corrected chi connectivity index (χ1v) is 12.9. The summed E-state index contributed by atoms with van der Waals surface area (Å²) in [5.74, 6) is -7.44. The van der Waals surface area contributed by atoms with Crippen molar-refractivity contribution in [3.63, 3.8) is 0 Å². The third kappa shape index (κ3) is 7.75. The molecule has 3 aromatic carbocycles. The fourth-order valence-electron chi connectivity index (χ4n) is 4.77. The van der Waals surface area contributed by atoms with Crippen LogP contribution in [0.25, 0.3) is 5.83 Å². The molecule has 0 bridgehead atoms. The molecule has 0 radical (unpaired) electrons. The van der Waals surface area contributed by atoms with E-state index in [1.54, 1.807) is 6.92 Å². The van der Waals surface area contributed by atoms with E-state index >= 15 is 0 Å². The number of aryl methyl sites for hydroxylation is 2. The van der Waals surface area contributed by atoms with E-state index in [1.165, 1.54) is 18.2 Å². The molecule has 218 valence electrons. The van der Waals surface area contributed by atoms with Crippen molar-refractivity contribution >= 4 is 5.83 Å². The van der Waals surface area contributed by atoms with Crippen LogP contribution in [0.3, 0.4) is 0 Å². The maximum absolute atomic E-state index is 14.8. The van der Waals surface area contributed by atoms with Crippen LogP contribution in [-0.4, -0.2) is 13.0 Å². The van der Waals surface area contributed by atoms with Crippen LogP contribution in [0.5, 0.6) is 5.75 Å². The summed E-state index contributed by atoms with van der Waals surface area (Å²) in [5.41, 5.74) is 2.10. The minimum atomic E-state index is -5.21. The second-order valence-corrected chi connectivity index (χ2v) is 9.67. The van der Waals surface area contributed by atoms with Crippen molar-refractivity contribution in [1.29, 1.82) is 0 Å². The lowest BCUT2D eigenvalue weighted by atomic mass is 9.88. The lowest BCUT2D eigenvalue weighted by Gasteiger charge is -2.30. The van der Waals surface area contributed by atoms with Crippen molar-refractivity contribution in [2.45, 2.75) is 51.0 Å². The zero-order valence-corrected chi connectivity index (χ0v) is 21.9. The summed E-state index contributed by atoms with van der Waals surface area (Å²) in [6.45, 7) is 1.78. The minimum absolute atomic E-state index is 0.181. The average Bonchev–Trinajstić information content (AvgIpc) is 2.93. The van der Waals surface area contributed by atoms with Gasteiger partial charge in [0.25, 0.3) is 0 Å². The molecule has 0 aliphatic carbocycles. The molecule has 2 nitrogen and oxygen atoms in total. The molecular weight excluding hydrogens is 556 g/mol. The monoisotopic (exact) mass is 582 g/mol. The van der Waals surface area contributed by atoms with Gasteiger partial charge in [-0.2, -0.15) is 0 Å². The number of benzene rings is 3. The second-order valence-electron chi connectivity index (χ2n) is 9.67. The zero-order chi connectivity index (χ0) is 29.7. The van der Waals surface area contributed by atoms with Crippen LogP contribution in [0.15, 0.2) is 72.6 Å². The molecule has 10 heteroatoms. The van der Waals surface area contributed by atoms with Gasteiger partial charge >= 0.3 is 6.36 Å². The van der Waals surface area contributed by atoms with Crippen LogP contribution in [0.1, 0.15) is 59.6 Å². The number of halogens is 8. The van der Waals surface area contributed by atoms with Gasteiger partial charge in [0.1, 0.15) is 5.82 Å². The Morgan fingerprint density at radius 3 is 2.10 bits per heavy atom. The van der Waals surface area contributed by atoms with E-state index in [4.69, 9.17) is 4.74 Å². The van der Waals surface area contributed by atoms with Gasteiger partial charge in [0.2, 0.25) is 5.75 Å². The fourth-order valence-corrected chi connectivity index (χ4v) is 4.77. The summed E-state index contributed by atoms with van der Waals surface area (Å²) >= 11 is 0. The fraction of sp³-hybridized carbons (Fsp3) is 0.290. The molecule has 0 N–H and O–H groups in total. The van der Waals surface area contributed by atoms with E-state index in [2.05, 4.69) is 4.74 Å². The standard InChI is InChI=1S/C31H26F8O2/c1-2-3-24(32)29(36)21-10-12-23(25(33)16-21)22-11-13-28(40-17-22)20-8-6-18(7-9-20)4-5-19-14-26(34)30(27(35)15-19)41-31(37,38)39/h2-3,6-10,12,14-16,22,28H,4-5,11,13,17H2,1H3/b3-2+,29-24+. The predicted molar refractivity (Wildman–Crippen MR) is 138 cm³/mol. The molecule has 1 aliphatic heterocycles. The highest BCUT2D eigenvalue weighted by Crippen LogP contribution is 2.37. The quantitative estimate of drug-likeness (QED) is 0.195. The van der Waals surface area contributed by atoms with Crippen LogP contribution in [0, 0.1) is 17.5 Å². The summed E-state index contributed by atoms with van der Waals surface area (Å²) in [6.07, 6.45) is -1.35. The van der Waals surface area contributed by atoms with Gasteiger partial charge in [0.05, 0.1) is 12.7 Å². The van der Waals surface area contributed by atoms with Crippen molar-refractivity contribution in [3.8, 4) is 5.75 Å². The van der Waals surface area contributed by atoms with E-state index in [0.29, 0.717) is 24.8 Å². The van der Waals surface area contributed by atoms with E-state index in [-0.39, 0.29) is 36.2 Å². The Morgan fingerprint density at radius 1 is 0.878 bits per heavy atom. The van der Waals surface area contributed by atoms with Crippen molar-refractivity contribution in [2.24, 2.45) is 0 Å². The zero-order valence-electron chi connectivity index (χ0n) is 21.9. The molecule has 0 amide bonds. The molecule has 0 saturated carbocycles. The average molecular weight is 583 g/mol. The van der Waals surface area contributed by atoms with Gasteiger partial charge in [-0.05, 0) is 79.1 Å². The van der Waals surface area contributed by atoms with Gasteiger partial charge in [-0.15, -0.1) is 13.2 Å². The largest absolute Gasteiger partial charge is 0.573 e. The van der Waals surface area contributed by atoms with E-state index in [1.807, 2.05) is 24.3 Å². The Balaban J connectivity index is 1.33. The summed E-state index contributed by atoms with van der Waals surface area (Å²) in [7, 11) is 0. The third-order valence-corrected chi connectivity index (χ3v) is 6.82. The lowest BCUT2D eigenvalue weighted by Crippen LogP contribution is -2.20. The highest BCUT2D eigenvalue weighted by molar-refractivity contribution is 5.63. The molecule has 1 heterocycles. The first kappa shape index (κ1) is 30.3. The number of ether oxygens (including phenoxy) is 2. The maximum Gasteiger partial charge on any atom is 0.573 e. The summed E-state index contributed by atoms with van der Waals surface area (Å²) in [4.78, 5) is 0. The molecule has 0 aromatic heterocycles. The number of hydrogen-bond acceptors (Lipinski definition) is 2. The SMILES string of the molecule is C/C=C/C(F)=C(\F)c1ccc(C2CCC(c3ccc(CCc4cc(F)c(OC(F)(F)F)c(F)c4)cc3)OC2)c(F)c1. The summed E-state index contributed by atoms with van der Waals surface area (Å²) in [5, 5.41) is 0. The predicted octanol–water partition coefficient (Wildman–Crippen LogP) is 9.61. The molecule has 4 rings (SSSR count). The van der Waals surface area contributed by atoms with Crippen LogP contribution in [-0.2, 0) is 17.6 Å². The topological polar surface area (TPSA) is 18.5 Å². The Morgan fingerprint density at radius 2 is 1.54 bits per heavy atom. The number of alkyl halides is 3. The van der Waals surface area contributed by atoms with Crippen molar-refractivity contribution < 1.29 is 44.6 Å². The Kier molecular flexibility index (Phi) is 9.53. The van der Waals surface area contributed by atoms with Crippen molar-refractivity contribution in [3.05, 3.63) is 118 Å². The van der Waals surface area contributed by atoms with Gasteiger partial charge < -0.3 is 9.47 Å². The van der Waals surface area contributed by atoms with Gasteiger partial charge in [0, 0.05) is 11.5 Å². The van der Waals surface area contributed by atoms with E-state index < -0.39 is 41.2 Å². The molecular formula is C31H26F8O2. The van der Waals surface area contributed by atoms with Gasteiger partial charge in [-0.3, -0.25) is 0 Å². The summed E-state index contributed by atoms with van der Waals surface area (Å²) < 4.78 is 117. The molecule has 1 aliphatic rings. The Labute approximate surface area is 231 Å². The Bertz CT molecular complexity index is 1400. The third-order valence-electron chi connectivity index (χ3n) is 6.82. The van der Waals surface area contributed by atoms with Gasteiger partial charge in [-0.1, -0.05) is 42.5 Å². The summed E-state index contributed by atoms with van der Waals surface area (Å²) in [6, 6.07) is 12.8. The molecule has 2 atom stereocenters. The first-order chi connectivity index (χ1) is 19.4. The highest BCUT2D eigenvalue weighted by atomic mass is 19.4. The second kappa shape index (κ2) is 12.9. The maximum atomic E-state index is 14.8. The van der Waals surface area contributed by atoms with Crippen LogP contribution in [0.2, 0.25) is 0 Å². The molecule has 41 heavy (non-hydrogen) atoms. The first-order valence-electron chi connectivity index (χ1n) is 12.9. The van der Waals surface area contributed by atoms with Crippen molar-refractivity contribution in [1.82, 2.24) is 0 Å².